The Morgan fingerprint density at radius 1 is 1.15 bits per heavy atom. The second-order valence-electron chi connectivity index (χ2n) is 5.13. The molecule has 1 fully saturated rings. The van der Waals surface area contributed by atoms with Gasteiger partial charge in [-0.25, -0.2) is 9.78 Å². The van der Waals surface area contributed by atoms with Gasteiger partial charge in [0.15, 0.2) is 0 Å². The third kappa shape index (κ3) is 2.20. The van der Waals surface area contributed by atoms with Gasteiger partial charge in [0.2, 0.25) is 0 Å². The first kappa shape index (κ1) is 12.9. The van der Waals surface area contributed by atoms with E-state index in [9.17, 15) is 9.90 Å². The van der Waals surface area contributed by atoms with Gasteiger partial charge in [-0.2, -0.15) is 0 Å². The van der Waals surface area contributed by atoms with Gasteiger partial charge in [-0.3, -0.25) is 0 Å². The van der Waals surface area contributed by atoms with Crippen LogP contribution in [0.4, 0.5) is 5.82 Å². The predicted molar refractivity (Wildman–Crippen MR) is 78.4 cm³/mol. The number of anilines is 1. The van der Waals surface area contributed by atoms with Crippen LogP contribution >= 0.6 is 0 Å². The van der Waals surface area contributed by atoms with E-state index in [0.717, 1.165) is 42.8 Å². The number of carboxylic acid groups (broad SMARTS) is 1. The summed E-state index contributed by atoms with van der Waals surface area (Å²) in [6.45, 7) is 3.83. The molecule has 0 aliphatic carbocycles. The van der Waals surface area contributed by atoms with Gasteiger partial charge in [-0.05, 0) is 19.2 Å². The van der Waals surface area contributed by atoms with E-state index in [1.807, 2.05) is 6.07 Å². The van der Waals surface area contributed by atoms with E-state index in [-0.39, 0.29) is 0 Å². The molecule has 1 N–H and O–H groups in total. The molecule has 104 valence electrons. The zero-order valence-electron chi connectivity index (χ0n) is 11.4. The van der Waals surface area contributed by atoms with Crippen LogP contribution in [0.15, 0.2) is 30.5 Å². The number of benzene rings is 1. The highest BCUT2D eigenvalue weighted by molar-refractivity contribution is 6.06. The molecule has 0 amide bonds. The van der Waals surface area contributed by atoms with E-state index in [1.54, 1.807) is 24.4 Å². The summed E-state index contributed by atoms with van der Waals surface area (Å²) >= 11 is 0. The van der Waals surface area contributed by atoms with Crippen LogP contribution in [-0.2, 0) is 0 Å². The molecule has 1 saturated heterocycles. The number of aromatic nitrogens is 1. The number of hydrogen-bond donors (Lipinski definition) is 1. The maximum Gasteiger partial charge on any atom is 0.336 e. The van der Waals surface area contributed by atoms with Crippen molar-refractivity contribution < 1.29 is 9.90 Å². The van der Waals surface area contributed by atoms with Crippen LogP contribution in [0.1, 0.15) is 10.4 Å². The van der Waals surface area contributed by atoms with Gasteiger partial charge in [0, 0.05) is 43.1 Å². The third-order valence-corrected chi connectivity index (χ3v) is 3.82. The molecule has 0 atom stereocenters. The number of rotatable bonds is 2. The molecule has 0 unspecified atom stereocenters. The molecule has 1 aromatic heterocycles. The summed E-state index contributed by atoms with van der Waals surface area (Å²) < 4.78 is 0. The van der Waals surface area contributed by atoms with Crippen molar-refractivity contribution in [3.05, 3.63) is 36.0 Å². The van der Waals surface area contributed by atoms with E-state index in [2.05, 4.69) is 21.8 Å². The van der Waals surface area contributed by atoms with E-state index in [1.165, 1.54) is 0 Å². The summed E-state index contributed by atoms with van der Waals surface area (Å²) in [4.78, 5) is 20.3. The molecule has 5 heteroatoms. The predicted octanol–water partition coefficient (Wildman–Crippen LogP) is 1.68. The molecule has 0 saturated carbocycles. The molecule has 2 aromatic rings. The number of piperazine rings is 1. The number of fused-ring (bicyclic) bond motifs is 1. The number of nitrogens with zero attached hydrogens (tertiary/aromatic N) is 3. The molecule has 1 aliphatic rings. The number of hydrogen-bond acceptors (Lipinski definition) is 4. The summed E-state index contributed by atoms with van der Waals surface area (Å²) in [7, 11) is 2.11. The SMILES string of the molecule is CN1CCN(c2nccc3c(C(=O)O)cccc23)CC1. The zero-order valence-corrected chi connectivity index (χ0v) is 11.4. The van der Waals surface area contributed by atoms with E-state index >= 15 is 0 Å². The Morgan fingerprint density at radius 3 is 2.60 bits per heavy atom. The lowest BCUT2D eigenvalue weighted by molar-refractivity contribution is 0.0699. The summed E-state index contributed by atoms with van der Waals surface area (Å²) in [6, 6.07) is 7.15. The number of aromatic carboxylic acids is 1. The van der Waals surface area contributed by atoms with Crippen molar-refractivity contribution in [2.75, 3.05) is 38.1 Å². The van der Waals surface area contributed by atoms with Gasteiger partial charge in [0.1, 0.15) is 5.82 Å². The molecule has 0 radical (unpaired) electrons. The van der Waals surface area contributed by atoms with Crippen molar-refractivity contribution in [3.8, 4) is 0 Å². The van der Waals surface area contributed by atoms with Crippen LogP contribution in [0.2, 0.25) is 0 Å². The second kappa shape index (κ2) is 5.09. The van der Waals surface area contributed by atoms with Gasteiger partial charge < -0.3 is 14.9 Å². The average Bonchev–Trinajstić information content (AvgIpc) is 2.47. The molecule has 3 rings (SSSR count). The first-order chi connectivity index (χ1) is 9.66. The minimum atomic E-state index is -0.897. The molecular formula is C15H17N3O2. The van der Waals surface area contributed by atoms with Gasteiger partial charge >= 0.3 is 5.97 Å². The molecule has 20 heavy (non-hydrogen) atoms. The van der Waals surface area contributed by atoms with Crippen LogP contribution < -0.4 is 4.90 Å². The van der Waals surface area contributed by atoms with Crippen molar-refractivity contribution in [1.82, 2.24) is 9.88 Å². The first-order valence-corrected chi connectivity index (χ1v) is 6.71. The normalized spacial score (nSPS) is 16.6. The number of carboxylic acids is 1. The van der Waals surface area contributed by atoms with Crippen LogP contribution in [0, 0.1) is 0 Å². The standard InChI is InChI=1S/C15H17N3O2/c1-17-7-9-18(10-8-17)14-12-3-2-4-13(15(19)20)11(12)5-6-16-14/h2-6H,7-10H2,1H3,(H,19,20). The monoisotopic (exact) mass is 271 g/mol. The summed E-state index contributed by atoms with van der Waals surface area (Å²) in [5.41, 5.74) is 0.334. The summed E-state index contributed by atoms with van der Waals surface area (Å²) in [6.07, 6.45) is 1.70. The fourth-order valence-corrected chi connectivity index (χ4v) is 2.65. The number of pyridine rings is 1. The Hall–Kier alpha value is -2.14. The second-order valence-corrected chi connectivity index (χ2v) is 5.13. The fourth-order valence-electron chi connectivity index (χ4n) is 2.65. The highest BCUT2D eigenvalue weighted by Crippen LogP contribution is 2.27. The third-order valence-electron chi connectivity index (χ3n) is 3.82. The maximum absolute atomic E-state index is 11.3. The lowest BCUT2D eigenvalue weighted by Gasteiger charge is -2.33. The molecule has 1 aliphatic heterocycles. The smallest absolute Gasteiger partial charge is 0.336 e. The number of likely N-dealkylation sites (N-methyl/N-ethyl adjacent to an activating group) is 1. The van der Waals surface area contributed by atoms with Gasteiger partial charge in [-0.15, -0.1) is 0 Å². The average molecular weight is 271 g/mol. The Morgan fingerprint density at radius 2 is 1.90 bits per heavy atom. The highest BCUT2D eigenvalue weighted by atomic mass is 16.4. The van der Waals surface area contributed by atoms with Crippen molar-refractivity contribution >= 4 is 22.6 Å². The fraction of sp³-hybridized carbons (Fsp3) is 0.333. The Kier molecular flexibility index (Phi) is 3.28. The Balaban J connectivity index is 2.08. The Labute approximate surface area is 117 Å². The maximum atomic E-state index is 11.3. The molecule has 2 heterocycles. The summed E-state index contributed by atoms with van der Waals surface area (Å²) in [5.74, 6) is -0.00942. The minimum Gasteiger partial charge on any atom is -0.478 e. The molecule has 1 aromatic carbocycles. The topological polar surface area (TPSA) is 56.7 Å². The summed E-state index contributed by atoms with van der Waals surface area (Å²) in [5, 5.41) is 10.9. The quantitative estimate of drug-likeness (QED) is 0.900. The van der Waals surface area contributed by atoms with Crippen molar-refractivity contribution in [2.24, 2.45) is 0 Å². The van der Waals surface area contributed by atoms with Crippen LogP contribution in [0.25, 0.3) is 10.8 Å². The lowest BCUT2D eigenvalue weighted by Crippen LogP contribution is -2.44. The first-order valence-electron chi connectivity index (χ1n) is 6.71. The van der Waals surface area contributed by atoms with Gasteiger partial charge in [0.05, 0.1) is 5.56 Å². The molecule has 0 bridgehead atoms. The van der Waals surface area contributed by atoms with E-state index in [0.29, 0.717) is 5.56 Å². The molecular weight excluding hydrogens is 254 g/mol. The van der Waals surface area contributed by atoms with Crippen LogP contribution in [-0.4, -0.2) is 54.2 Å². The van der Waals surface area contributed by atoms with Crippen LogP contribution in [0.5, 0.6) is 0 Å². The van der Waals surface area contributed by atoms with E-state index < -0.39 is 5.97 Å². The highest BCUT2D eigenvalue weighted by Gasteiger charge is 2.18. The van der Waals surface area contributed by atoms with Crippen molar-refractivity contribution in [1.29, 1.82) is 0 Å². The molecule has 0 spiro atoms. The van der Waals surface area contributed by atoms with Crippen molar-refractivity contribution in [3.63, 3.8) is 0 Å². The van der Waals surface area contributed by atoms with Crippen molar-refractivity contribution in [2.45, 2.75) is 0 Å². The Bertz CT molecular complexity index is 649. The minimum absolute atomic E-state index is 0.334. The van der Waals surface area contributed by atoms with Gasteiger partial charge in [0.25, 0.3) is 0 Å². The lowest BCUT2D eigenvalue weighted by atomic mass is 10.1. The zero-order chi connectivity index (χ0) is 14.1. The number of carbonyl (C=O) groups is 1. The molecule has 5 nitrogen and oxygen atoms in total. The van der Waals surface area contributed by atoms with Gasteiger partial charge in [-0.1, -0.05) is 12.1 Å². The largest absolute Gasteiger partial charge is 0.478 e. The van der Waals surface area contributed by atoms with E-state index in [4.69, 9.17) is 0 Å². The van der Waals surface area contributed by atoms with Crippen LogP contribution in [0.3, 0.4) is 0 Å².